The van der Waals surface area contributed by atoms with Gasteiger partial charge in [-0.3, -0.25) is 19.6 Å². The van der Waals surface area contributed by atoms with E-state index in [0.717, 1.165) is 38.1 Å². The Hall–Kier alpha value is -4.76. The van der Waals surface area contributed by atoms with Crippen molar-refractivity contribution in [1.29, 1.82) is 0 Å². The number of esters is 2. The summed E-state index contributed by atoms with van der Waals surface area (Å²) >= 11 is 6.60. The Morgan fingerprint density at radius 3 is 1.82 bits per heavy atom. The van der Waals surface area contributed by atoms with E-state index in [4.69, 9.17) is 9.47 Å². The molecule has 2 N–H and O–H groups in total. The summed E-state index contributed by atoms with van der Waals surface area (Å²) in [6.07, 6.45) is 8.36. The number of carbonyl (C=O) groups is 4. The molecule has 13 nitrogen and oxygen atoms in total. The second kappa shape index (κ2) is 14.0. The van der Waals surface area contributed by atoms with Crippen LogP contribution in [0, 0.1) is 0 Å². The zero-order valence-corrected chi connectivity index (χ0v) is 28.7. The van der Waals surface area contributed by atoms with Gasteiger partial charge in [0, 0.05) is 73.0 Å². The van der Waals surface area contributed by atoms with Gasteiger partial charge in [0.05, 0.1) is 36.2 Å². The van der Waals surface area contributed by atoms with Gasteiger partial charge in [0.15, 0.2) is 0 Å². The maximum atomic E-state index is 12.6. The van der Waals surface area contributed by atoms with Crippen LogP contribution < -0.4 is 10.6 Å². The fraction of sp³-hybridized carbons (Fsp3) is 0.250. The van der Waals surface area contributed by atoms with E-state index < -0.39 is 22.8 Å². The molecule has 0 saturated carbocycles. The van der Waals surface area contributed by atoms with Gasteiger partial charge in [-0.25, -0.2) is 19.6 Å². The number of methoxy groups -OCH3 is 2. The first kappa shape index (κ1) is 35.5. The summed E-state index contributed by atoms with van der Waals surface area (Å²) in [4.78, 5) is 65.7. The Balaban J connectivity index is 0.000000174. The number of nitrogens with zero attached hydrogens (tertiary/aromatic N) is 5. The summed E-state index contributed by atoms with van der Waals surface area (Å²) in [7, 11) is 7.01. The average Bonchev–Trinajstić information content (AvgIpc) is 3.82. The molecule has 0 aromatic carbocycles. The van der Waals surface area contributed by atoms with E-state index in [0.29, 0.717) is 48.4 Å². The van der Waals surface area contributed by atoms with Gasteiger partial charge >= 0.3 is 36.7 Å². The summed E-state index contributed by atoms with van der Waals surface area (Å²) in [6, 6.07) is 9.21. The summed E-state index contributed by atoms with van der Waals surface area (Å²) in [5.41, 5.74) is 4.71. The van der Waals surface area contributed by atoms with Crippen molar-refractivity contribution in [1.82, 2.24) is 19.9 Å². The Bertz CT molecular complexity index is 2040. The zero-order chi connectivity index (χ0) is 34.2. The van der Waals surface area contributed by atoms with Crippen LogP contribution in [0.15, 0.2) is 63.9 Å². The summed E-state index contributed by atoms with van der Waals surface area (Å²) in [5.74, 6) is 0.235. The third-order valence-electron chi connectivity index (χ3n) is 8.91. The number of carbonyl (C=O) groups excluding carboxylic acids is 4. The molecular weight excluding hydrogens is 712 g/mol. The van der Waals surface area contributed by atoms with Crippen molar-refractivity contribution in [2.45, 2.75) is 36.5 Å². The number of amides is 2. The molecule has 0 unspecified atom stereocenters. The molecule has 17 heteroatoms. The SMILES string of the molecule is COC(=O)c1cnc2c(c1)C[C@@]1(C2)C(=O)Nc2ncc(Br)cc21.COC(=O)c1cnc2c(c1)C[C@@]1(C2)C(=O)Nc2ncccc21.[B].[B]=NS. The number of halogens is 1. The Kier molecular flexibility index (Phi) is 10.2. The molecule has 2 spiro atoms. The number of hydrogen-bond donors (Lipinski definition) is 3. The third kappa shape index (κ3) is 6.16. The number of thiol groups is 1. The number of hydrogen-bond acceptors (Lipinski definition) is 12. The van der Waals surface area contributed by atoms with Crippen molar-refractivity contribution in [3.8, 4) is 0 Å². The fourth-order valence-corrected chi connectivity index (χ4v) is 7.03. The maximum absolute atomic E-state index is 12.6. The van der Waals surface area contributed by atoms with Crippen LogP contribution in [0.25, 0.3) is 0 Å². The molecule has 2 amide bonds. The van der Waals surface area contributed by atoms with E-state index in [1.807, 2.05) is 18.2 Å². The van der Waals surface area contributed by atoms with E-state index in [2.05, 4.69) is 71.3 Å². The number of pyridine rings is 4. The Morgan fingerprint density at radius 1 is 0.816 bits per heavy atom. The number of rotatable bonds is 2. The van der Waals surface area contributed by atoms with Gasteiger partial charge in [0.25, 0.3) is 0 Å². The number of nitrogens with one attached hydrogen (secondary N) is 2. The molecule has 2 atom stereocenters. The van der Waals surface area contributed by atoms with Crippen molar-refractivity contribution >= 4 is 80.2 Å². The molecule has 8 rings (SSSR count). The van der Waals surface area contributed by atoms with Gasteiger partial charge in [-0.2, -0.15) is 0 Å². The van der Waals surface area contributed by atoms with Gasteiger partial charge in [0.2, 0.25) is 11.8 Å². The van der Waals surface area contributed by atoms with Gasteiger partial charge in [-0.1, -0.05) is 6.07 Å². The number of anilines is 2. The van der Waals surface area contributed by atoms with Crippen molar-refractivity contribution in [3.05, 3.63) is 104 Å². The standard InChI is InChI=1S/C16H12BrN3O3.C16H13N3O3.BHNS.B/c1-23-14(21)9-2-8-4-16(5-12(8)18-6-9)11-3-10(17)7-19-13(11)20-15(16)22;1-22-14(20)10-5-9-6-16(7-12(9)18-8-10)11-3-2-4-17-13(11)19-15(16)21;1-2-3;/h2-3,6-7H,4-5H2,1H3,(H,19,20,22);2-5,8H,6-7H2,1H3,(H,17,19,21);3H;/t2*16-;;/m00../s1. The van der Waals surface area contributed by atoms with Crippen molar-refractivity contribution < 1.29 is 28.7 Å². The van der Waals surface area contributed by atoms with Crippen LogP contribution >= 0.6 is 28.7 Å². The summed E-state index contributed by atoms with van der Waals surface area (Å²) in [5, 5.41) is 5.69. The molecule has 4 aromatic heterocycles. The first-order valence-electron chi connectivity index (χ1n) is 14.5. The second-order valence-corrected chi connectivity index (χ2v) is 12.6. The normalized spacial score (nSPS) is 19.7. The van der Waals surface area contributed by atoms with Crippen LogP contribution in [0.4, 0.5) is 11.6 Å². The summed E-state index contributed by atoms with van der Waals surface area (Å²) in [6.45, 7) is 0. The predicted octanol–water partition coefficient (Wildman–Crippen LogP) is 3.07. The molecule has 0 bridgehead atoms. The molecule has 4 aliphatic rings. The van der Waals surface area contributed by atoms with Crippen molar-refractivity contribution in [2.24, 2.45) is 4.30 Å². The van der Waals surface area contributed by atoms with E-state index >= 15 is 0 Å². The number of aromatic nitrogens is 4. The number of fused-ring (bicyclic) bond motifs is 6. The predicted molar refractivity (Wildman–Crippen MR) is 186 cm³/mol. The Morgan fingerprint density at radius 2 is 1.31 bits per heavy atom. The van der Waals surface area contributed by atoms with E-state index in [9.17, 15) is 19.2 Å². The molecule has 0 fully saturated rings. The van der Waals surface area contributed by atoms with Crippen LogP contribution in [0.3, 0.4) is 0 Å². The van der Waals surface area contributed by atoms with Crippen LogP contribution in [0.1, 0.15) is 54.4 Å². The quantitative estimate of drug-likeness (QED) is 0.158. The molecule has 49 heavy (non-hydrogen) atoms. The van der Waals surface area contributed by atoms with E-state index in [1.54, 1.807) is 24.5 Å². The molecule has 4 radical (unpaired) electrons. The van der Waals surface area contributed by atoms with E-state index in [1.165, 1.54) is 26.6 Å². The fourth-order valence-electron chi connectivity index (χ4n) is 6.70. The monoisotopic (exact) mass is 737 g/mol. The molecular formula is C32H26B2BrN7O6S. The van der Waals surface area contributed by atoms with Crippen LogP contribution in [0.2, 0.25) is 0 Å². The molecule has 244 valence electrons. The van der Waals surface area contributed by atoms with Crippen molar-refractivity contribution in [3.63, 3.8) is 0 Å². The van der Waals surface area contributed by atoms with Crippen LogP contribution in [0.5, 0.6) is 0 Å². The van der Waals surface area contributed by atoms with Gasteiger partial charge < -0.3 is 20.1 Å². The minimum atomic E-state index is -0.698. The first-order valence-corrected chi connectivity index (χ1v) is 15.7. The van der Waals surface area contributed by atoms with Gasteiger partial charge in [-0.15, -0.1) is 0 Å². The average molecular weight is 738 g/mol. The van der Waals surface area contributed by atoms with Crippen LogP contribution in [-0.4, -0.2) is 74.0 Å². The Labute approximate surface area is 297 Å². The topological polar surface area (TPSA) is 175 Å². The molecule has 2 aliphatic heterocycles. The molecule has 4 aromatic rings. The summed E-state index contributed by atoms with van der Waals surface area (Å²) < 4.78 is 13.0. The minimum absolute atomic E-state index is 0. The molecule has 2 aliphatic carbocycles. The second-order valence-electron chi connectivity index (χ2n) is 11.5. The zero-order valence-electron chi connectivity index (χ0n) is 26.2. The van der Waals surface area contributed by atoms with Crippen LogP contribution in [-0.2, 0) is 55.6 Å². The van der Waals surface area contributed by atoms with E-state index in [-0.39, 0.29) is 20.2 Å². The van der Waals surface area contributed by atoms with Gasteiger partial charge in [0.1, 0.15) is 11.6 Å². The van der Waals surface area contributed by atoms with Crippen molar-refractivity contribution in [2.75, 3.05) is 24.9 Å². The number of ether oxygens (including phenoxy) is 2. The molecule has 6 heterocycles. The first-order chi connectivity index (χ1) is 23.1. The third-order valence-corrected chi connectivity index (χ3v) is 9.34. The van der Waals surface area contributed by atoms with Gasteiger partial charge in [-0.05, 0) is 64.2 Å². The molecule has 0 saturated heterocycles.